The second-order valence-electron chi connectivity index (χ2n) is 5.14. The number of phenols is 1. The SMILES string of the molecule is COc1cc(/C=C/C(=O)OCC(=O)c2cc(F)ccc2OC)ccc1O. The first-order valence-corrected chi connectivity index (χ1v) is 7.53. The van der Waals surface area contributed by atoms with Gasteiger partial charge >= 0.3 is 5.97 Å². The van der Waals surface area contributed by atoms with Crippen molar-refractivity contribution >= 4 is 17.8 Å². The molecule has 0 radical (unpaired) electrons. The molecule has 0 aliphatic carbocycles. The van der Waals surface area contributed by atoms with Crippen molar-refractivity contribution in [2.24, 2.45) is 0 Å². The van der Waals surface area contributed by atoms with Crippen molar-refractivity contribution in [2.75, 3.05) is 20.8 Å². The normalized spacial score (nSPS) is 10.6. The van der Waals surface area contributed by atoms with Crippen LogP contribution >= 0.6 is 0 Å². The van der Waals surface area contributed by atoms with Gasteiger partial charge in [0.2, 0.25) is 5.78 Å². The number of Topliss-reactive ketones (excluding diaryl/α,β-unsaturated/α-hetero) is 1. The molecule has 0 aliphatic rings. The fourth-order valence-electron chi connectivity index (χ4n) is 2.12. The predicted molar refractivity (Wildman–Crippen MR) is 91.9 cm³/mol. The molecule has 0 amide bonds. The summed E-state index contributed by atoms with van der Waals surface area (Å²) in [5.74, 6) is -1.51. The summed E-state index contributed by atoms with van der Waals surface area (Å²) < 4.78 is 28.1. The summed E-state index contributed by atoms with van der Waals surface area (Å²) in [4.78, 5) is 23.8. The van der Waals surface area contributed by atoms with Gasteiger partial charge in [0.15, 0.2) is 18.1 Å². The molecule has 1 N–H and O–H groups in total. The van der Waals surface area contributed by atoms with Gasteiger partial charge < -0.3 is 19.3 Å². The zero-order chi connectivity index (χ0) is 19.1. The molecule has 0 saturated carbocycles. The summed E-state index contributed by atoms with van der Waals surface area (Å²) in [6.45, 7) is -0.554. The van der Waals surface area contributed by atoms with E-state index in [-0.39, 0.29) is 22.8 Å². The molecule has 136 valence electrons. The fraction of sp³-hybridized carbons (Fsp3) is 0.158. The van der Waals surface area contributed by atoms with Crippen LogP contribution in [0.5, 0.6) is 17.2 Å². The standard InChI is InChI=1S/C19H17FO6/c1-24-17-7-5-13(20)10-14(17)16(22)11-26-19(23)8-4-12-3-6-15(21)18(9-12)25-2/h3-10,21H,11H2,1-2H3/b8-4+. The van der Waals surface area contributed by atoms with Gasteiger partial charge in [0, 0.05) is 6.08 Å². The maximum atomic E-state index is 13.3. The molecule has 7 heteroatoms. The Morgan fingerprint density at radius 2 is 1.81 bits per heavy atom. The number of aromatic hydroxyl groups is 1. The molecule has 0 spiro atoms. The number of methoxy groups -OCH3 is 2. The maximum absolute atomic E-state index is 13.3. The van der Waals surface area contributed by atoms with Gasteiger partial charge in [-0.2, -0.15) is 0 Å². The molecule has 0 aromatic heterocycles. The first-order chi connectivity index (χ1) is 12.4. The number of rotatable bonds is 7. The molecule has 0 fully saturated rings. The summed E-state index contributed by atoms with van der Waals surface area (Å²) in [5.41, 5.74) is 0.585. The number of carbonyl (C=O) groups excluding carboxylic acids is 2. The molecule has 6 nitrogen and oxygen atoms in total. The van der Waals surface area contributed by atoms with E-state index in [0.29, 0.717) is 5.56 Å². The van der Waals surface area contributed by atoms with Crippen LogP contribution in [0.3, 0.4) is 0 Å². The van der Waals surface area contributed by atoms with Gasteiger partial charge in [0.25, 0.3) is 0 Å². The third-order valence-corrected chi connectivity index (χ3v) is 3.42. The van der Waals surface area contributed by atoms with Crippen LogP contribution in [-0.2, 0) is 9.53 Å². The maximum Gasteiger partial charge on any atom is 0.331 e. The van der Waals surface area contributed by atoms with Crippen LogP contribution in [-0.4, -0.2) is 37.7 Å². The van der Waals surface area contributed by atoms with Crippen LogP contribution < -0.4 is 9.47 Å². The van der Waals surface area contributed by atoms with Crippen molar-refractivity contribution < 1.29 is 33.3 Å². The van der Waals surface area contributed by atoms with Crippen LogP contribution in [0, 0.1) is 5.82 Å². The molecule has 0 bridgehead atoms. The molecule has 26 heavy (non-hydrogen) atoms. The lowest BCUT2D eigenvalue weighted by Crippen LogP contribution is -2.13. The number of carbonyl (C=O) groups is 2. The number of phenolic OH excluding ortho intramolecular Hbond substituents is 1. The zero-order valence-electron chi connectivity index (χ0n) is 14.2. The summed E-state index contributed by atoms with van der Waals surface area (Å²) in [5, 5.41) is 9.51. The van der Waals surface area contributed by atoms with Crippen LogP contribution in [0.15, 0.2) is 42.5 Å². The molecule has 2 aromatic carbocycles. The van der Waals surface area contributed by atoms with Crippen molar-refractivity contribution in [1.29, 1.82) is 0 Å². The molecule has 0 heterocycles. The van der Waals surface area contributed by atoms with Gasteiger partial charge in [-0.1, -0.05) is 6.07 Å². The first-order valence-electron chi connectivity index (χ1n) is 7.53. The van der Waals surface area contributed by atoms with E-state index >= 15 is 0 Å². The van der Waals surface area contributed by atoms with E-state index < -0.39 is 24.2 Å². The molecule has 0 atom stereocenters. The second-order valence-corrected chi connectivity index (χ2v) is 5.14. The number of hydrogen-bond acceptors (Lipinski definition) is 6. The van der Waals surface area contributed by atoms with E-state index in [4.69, 9.17) is 14.2 Å². The molecule has 2 aromatic rings. The van der Waals surface area contributed by atoms with Gasteiger partial charge in [-0.3, -0.25) is 4.79 Å². The van der Waals surface area contributed by atoms with E-state index in [0.717, 1.165) is 18.2 Å². The van der Waals surface area contributed by atoms with Gasteiger partial charge in [-0.15, -0.1) is 0 Å². The van der Waals surface area contributed by atoms with E-state index in [1.54, 1.807) is 6.07 Å². The highest BCUT2D eigenvalue weighted by Crippen LogP contribution is 2.26. The van der Waals surface area contributed by atoms with E-state index in [2.05, 4.69) is 0 Å². The zero-order valence-corrected chi connectivity index (χ0v) is 14.2. The lowest BCUT2D eigenvalue weighted by atomic mass is 10.1. The first kappa shape index (κ1) is 19.0. The number of ketones is 1. The highest BCUT2D eigenvalue weighted by Gasteiger charge is 2.15. The average Bonchev–Trinajstić information content (AvgIpc) is 2.65. The predicted octanol–water partition coefficient (Wildman–Crippen LogP) is 2.99. The molecular formula is C19H17FO6. The number of ether oxygens (including phenoxy) is 3. The van der Waals surface area contributed by atoms with E-state index in [1.807, 2.05) is 0 Å². The molecule has 0 aliphatic heterocycles. The largest absolute Gasteiger partial charge is 0.504 e. The Labute approximate surface area is 149 Å². The number of benzene rings is 2. The Hall–Kier alpha value is -3.35. The minimum atomic E-state index is -0.749. The summed E-state index contributed by atoms with van der Waals surface area (Å²) in [6, 6.07) is 8.03. The van der Waals surface area contributed by atoms with Crippen LogP contribution in [0.2, 0.25) is 0 Å². The number of hydrogen-bond donors (Lipinski definition) is 1. The lowest BCUT2D eigenvalue weighted by Gasteiger charge is -2.07. The van der Waals surface area contributed by atoms with Crippen molar-refractivity contribution in [1.82, 2.24) is 0 Å². The Bertz CT molecular complexity index is 844. The minimum Gasteiger partial charge on any atom is -0.504 e. The summed E-state index contributed by atoms with van der Waals surface area (Å²) >= 11 is 0. The summed E-state index contributed by atoms with van der Waals surface area (Å²) in [6.07, 6.45) is 2.57. The van der Waals surface area contributed by atoms with Crippen molar-refractivity contribution in [3.63, 3.8) is 0 Å². The third-order valence-electron chi connectivity index (χ3n) is 3.42. The van der Waals surface area contributed by atoms with E-state index in [1.165, 1.54) is 38.5 Å². The molecule has 2 rings (SSSR count). The Kier molecular flexibility index (Phi) is 6.32. The smallest absolute Gasteiger partial charge is 0.331 e. The highest BCUT2D eigenvalue weighted by atomic mass is 19.1. The minimum absolute atomic E-state index is 0.00690. The van der Waals surface area contributed by atoms with Crippen LogP contribution in [0.4, 0.5) is 4.39 Å². The fourth-order valence-corrected chi connectivity index (χ4v) is 2.12. The average molecular weight is 360 g/mol. The monoisotopic (exact) mass is 360 g/mol. The van der Waals surface area contributed by atoms with Gasteiger partial charge in [-0.05, 0) is 42.0 Å². The van der Waals surface area contributed by atoms with Gasteiger partial charge in [0.05, 0.1) is 19.8 Å². The Morgan fingerprint density at radius 1 is 1.08 bits per heavy atom. The second kappa shape index (κ2) is 8.66. The van der Waals surface area contributed by atoms with Crippen molar-refractivity contribution in [3.05, 3.63) is 59.4 Å². The summed E-state index contributed by atoms with van der Waals surface area (Å²) in [7, 11) is 2.76. The Morgan fingerprint density at radius 3 is 2.50 bits per heavy atom. The highest BCUT2D eigenvalue weighted by molar-refractivity contribution is 6.01. The van der Waals surface area contributed by atoms with Crippen molar-refractivity contribution in [3.8, 4) is 17.2 Å². The van der Waals surface area contributed by atoms with Gasteiger partial charge in [0.1, 0.15) is 11.6 Å². The van der Waals surface area contributed by atoms with Gasteiger partial charge in [-0.25, -0.2) is 9.18 Å². The Balaban J connectivity index is 1.98. The number of halogens is 1. The molecule has 0 unspecified atom stereocenters. The lowest BCUT2D eigenvalue weighted by molar-refractivity contribution is -0.136. The third kappa shape index (κ3) is 4.83. The number of esters is 1. The van der Waals surface area contributed by atoms with Crippen LogP contribution in [0.1, 0.15) is 15.9 Å². The quantitative estimate of drug-likeness (QED) is 0.464. The van der Waals surface area contributed by atoms with Crippen molar-refractivity contribution in [2.45, 2.75) is 0 Å². The van der Waals surface area contributed by atoms with Crippen LogP contribution in [0.25, 0.3) is 6.08 Å². The molecular weight excluding hydrogens is 343 g/mol. The van der Waals surface area contributed by atoms with E-state index in [9.17, 15) is 19.1 Å². The topological polar surface area (TPSA) is 82.1 Å². The molecule has 0 saturated heterocycles.